The van der Waals surface area contributed by atoms with E-state index in [1.165, 1.54) is 18.1 Å². The number of amides is 3. The Morgan fingerprint density at radius 1 is 1.14 bits per heavy atom. The maximum absolute atomic E-state index is 13.9. The molecule has 1 saturated carbocycles. The molecular weight excluding hydrogens is 466 g/mol. The van der Waals surface area contributed by atoms with Gasteiger partial charge in [-0.2, -0.15) is 0 Å². The fourth-order valence-corrected chi connectivity index (χ4v) is 5.89. The zero-order valence-electron chi connectivity index (χ0n) is 21.9. The minimum atomic E-state index is -1.12. The minimum absolute atomic E-state index is 0.0148. The lowest BCUT2D eigenvalue weighted by atomic mass is 9.82. The third-order valence-corrected chi connectivity index (χ3v) is 8.01. The molecule has 0 spiro atoms. The highest BCUT2D eigenvalue weighted by Crippen LogP contribution is 2.48. The van der Waals surface area contributed by atoms with Gasteiger partial charge in [-0.15, -0.1) is 0 Å². The molecule has 3 aliphatic rings. The predicted octanol–water partition coefficient (Wildman–Crippen LogP) is 4.08. The van der Waals surface area contributed by atoms with Gasteiger partial charge in [0.1, 0.15) is 5.75 Å². The van der Waals surface area contributed by atoms with E-state index < -0.39 is 17.2 Å². The number of ether oxygens (including phenoxy) is 1. The molecule has 0 radical (unpaired) electrons. The van der Waals surface area contributed by atoms with Gasteiger partial charge in [-0.25, -0.2) is 0 Å². The van der Waals surface area contributed by atoms with Crippen LogP contribution in [0, 0.1) is 11.3 Å². The first kappa shape index (κ1) is 25.1. The first-order valence-electron chi connectivity index (χ1n) is 13.0. The molecule has 0 saturated heterocycles. The molecule has 2 atom stereocenters. The van der Waals surface area contributed by atoms with Crippen molar-refractivity contribution in [3.63, 3.8) is 0 Å². The lowest BCUT2D eigenvalue weighted by Crippen LogP contribution is -2.51. The van der Waals surface area contributed by atoms with Crippen LogP contribution in [0.25, 0.3) is 5.70 Å². The van der Waals surface area contributed by atoms with Crippen LogP contribution in [0.2, 0.25) is 0 Å². The van der Waals surface area contributed by atoms with Gasteiger partial charge in [-0.3, -0.25) is 19.7 Å². The molecule has 2 unspecified atom stereocenters. The number of imide groups is 1. The molecule has 0 aromatic heterocycles. The molecule has 5 rings (SSSR count). The lowest BCUT2D eigenvalue weighted by molar-refractivity contribution is -0.145. The third-order valence-electron chi connectivity index (χ3n) is 8.01. The lowest BCUT2D eigenvalue weighted by Gasteiger charge is -2.40. The fraction of sp³-hybridized carbons (Fsp3) is 0.433. The molecule has 2 heterocycles. The van der Waals surface area contributed by atoms with E-state index in [-0.39, 0.29) is 24.9 Å². The Bertz CT molecular complexity index is 1270. The number of carbonyl (C=O) groups excluding carboxylic acids is 3. The van der Waals surface area contributed by atoms with Gasteiger partial charge >= 0.3 is 0 Å². The highest BCUT2D eigenvalue weighted by Gasteiger charge is 2.45. The SMILES string of the molecule is C=C1c2cc(OC)ccc2CN1CC(C)(CC(=O)N1CCc2ccccc2C1C1CC1)C(=O)NC(C)=O. The van der Waals surface area contributed by atoms with Gasteiger partial charge in [-0.05, 0) is 60.9 Å². The van der Waals surface area contributed by atoms with Gasteiger partial charge in [0.2, 0.25) is 17.7 Å². The first-order chi connectivity index (χ1) is 17.7. The van der Waals surface area contributed by atoms with Crippen molar-refractivity contribution >= 4 is 23.4 Å². The molecular formula is C30H35N3O4. The fourth-order valence-electron chi connectivity index (χ4n) is 5.89. The van der Waals surface area contributed by atoms with E-state index in [9.17, 15) is 14.4 Å². The van der Waals surface area contributed by atoms with Crippen LogP contribution in [0.15, 0.2) is 49.0 Å². The van der Waals surface area contributed by atoms with Gasteiger partial charge in [0.15, 0.2) is 0 Å². The molecule has 3 amide bonds. The van der Waals surface area contributed by atoms with Crippen LogP contribution in [0.5, 0.6) is 5.75 Å². The number of benzene rings is 2. The molecule has 7 nitrogen and oxygen atoms in total. The summed E-state index contributed by atoms with van der Waals surface area (Å²) in [5.41, 5.74) is 4.27. The molecule has 2 aromatic carbocycles. The topological polar surface area (TPSA) is 79.0 Å². The van der Waals surface area contributed by atoms with Crippen molar-refractivity contribution in [2.24, 2.45) is 11.3 Å². The Labute approximate surface area is 218 Å². The van der Waals surface area contributed by atoms with E-state index in [4.69, 9.17) is 4.74 Å². The van der Waals surface area contributed by atoms with E-state index in [1.807, 2.05) is 34.1 Å². The van der Waals surface area contributed by atoms with E-state index in [1.54, 1.807) is 14.0 Å². The van der Waals surface area contributed by atoms with Crippen molar-refractivity contribution in [3.05, 3.63) is 71.3 Å². The average molecular weight is 502 g/mol. The summed E-state index contributed by atoms with van der Waals surface area (Å²) in [4.78, 5) is 43.2. The van der Waals surface area contributed by atoms with Crippen molar-refractivity contribution < 1.29 is 19.1 Å². The average Bonchev–Trinajstić information content (AvgIpc) is 3.67. The number of hydrogen-bond acceptors (Lipinski definition) is 5. The number of rotatable bonds is 7. The molecule has 2 aliphatic heterocycles. The van der Waals surface area contributed by atoms with Crippen LogP contribution >= 0.6 is 0 Å². The second-order valence-electron chi connectivity index (χ2n) is 10.9. The van der Waals surface area contributed by atoms with Crippen LogP contribution in [-0.4, -0.2) is 47.7 Å². The number of nitrogens with one attached hydrogen (secondary N) is 1. The maximum atomic E-state index is 13.9. The monoisotopic (exact) mass is 501 g/mol. The molecule has 2 aromatic rings. The first-order valence-corrected chi connectivity index (χ1v) is 13.0. The van der Waals surface area contributed by atoms with Crippen molar-refractivity contribution in [2.75, 3.05) is 20.2 Å². The molecule has 1 N–H and O–H groups in total. The van der Waals surface area contributed by atoms with E-state index >= 15 is 0 Å². The summed E-state index contributed by atoms with van der Waals surface area (Å²) in [5, 5.41) is 2.46. The zero-order valence-corrected chi connectivity index (χ0v) is 21.9. The highest BCUT2D eigenvalue weighted by atomic mass is 16.5. The van der Waals surface area contributed by atoms with E-state index in [0.29, 0.717) is 19.0 Å². The summed E-state index contributed by atoms with van der Waals surface area (Å²) in [7, 11) is 1.62. The minimum Gasteiger partial charge on any atom is -0.497 e. The van der Waals surface area contributed by atoms with Crippen molar-refractivity contribution in [3.8, 4) is 5.75 Å². The number of methoxy groups -OCH3 is 1. The molecule has 37 heavy (non-hydrogen) atoms. The van der Waals surface area contributed by atoms with E-state index in [2.05, 4.69) is 30.1 Å². The van der Waals surface area contributed by atoms with Crippen LogP contribution in [0.4, 0.5) is 0 Å². The molecule has 0 bridgehead atoms. The van der Waals surface area contributed by atoms with Gasteiger partial charge in [0.25, 0.3) is 0 Å². The second-order valence-corrected chi connectivity index (χ2v) is 10.9. The number of hydrogen-bond donors (Lipinski definition) is 1. The Morgan fingerprint density at radius 3 is 2.59 bits per heavy atom. The molecule has 194 valence electrons. The van der Waals surface area contributed by atoms with Gasteiger partial charge < -0.3 is 14.5 Å². The van der Waals surface area contributed by atoms with Crippen LogP contribution in [0.3, 0.4) is 0 Å². The second kappa shape index (κ2) is 9.69. The summed E-state index contributed by atoms with van der Waals surface area (Å²) in [6.07, 6.45) is 3.04. The Kier molecular flexibility index (Phi) is 6.56. The van der Waals surface area contributed by atoms with Crippen molar-refractivity contribution in [1.29, 1.82) is 0 Å². The predicted molar refractivity (Wildman–Crippen MR) is 141 cm³/mol. The van der Waals surface area contributed by atoms with Gasteiger partial charge in [0.05, 0.1) is 18.6 Å². The van der Waals surface area contributed by atoms with Crippen molar-refractivity contribution in [1.82, 2.24) is 15.1 Å². The standard InChI is InChI=1S/C30H35N3O4/c1-19-26-15-24(37-4)12-11-23(26)17-32(19)18-30(3,29(36)31-20(2)34)16-27(35)33-14-13-21-7-5-6-8-25(21)28(33)22-9-10-22/h5-8,11-12,15,22,28H,1,9-10,13-14,16-18H2,2-4H3,(H,31,34,36). The highest BCUT2D eigenvalue weighted by molar-refractivity contribution is 5.99. The van der Waals surface area contributed by atoms with Crippen LogP contribution in [0.1, 0.15) is 61.4 Å². The summed E-state index contributed by atoms with van der Waals surface area (Å²) in [6.45, 7) is 8.87. The Morgan fingerprint density at radius 2 is 1.89 bits per heavy atom. The number of fused-ring (bicyclic) bond motifs is 2. The summed E-state index contributed by atoms with van der Waals surface area (Å²) < 4.78 is 5.37. The summed E-state index contributed by atoms with van der Waals surface area (Å²) >= 11 is 0. The molecule has 7 heteroatoms. The summed E-state index contributed by atoms with van der Waals surface area (Å²) in [6, 6.07) is 14.3. The Hall–Kier alpha value is -3.61. The zero-order chi connectivity index (χ0) is 26.3. The quantitative estimate of drug-likeness (QED) is 0.619. The number of nitrogens with zero attached hydrogens (tertiary/aromatic N) is 2. The van der Waals surface area contributed by atoms with E-state index in [0.717, 1.165) is 41.8 Å². The maximum Gasteiger partial charge on any atom is 0.234 e. The number of carbonyl (C=O) groups is 3. The Balaban J connectivity index is 1.39. The molecule has 1 fully saturated rings. The smallest absolute Gasteiger partial charge is 0.234 e. The van der Waals surface area contributed by atoms with Gasteiger partial charge in [-0.1, -0.05) is 36.9 Å². The third kappa shape index (κ3) is 4.87. The van der Waals surface area contributed by atoms with Crippen molar-refractivity contribution in [2.45, 2.75) is 52.1 Å². The normalized spacial score (nSPS) is 20.1. The largest absolute Gasteiger partial charge is 0.497 e. The summed E-state index contributed by atoms with van der Waals surface area (Å²) in [5.74, 6) is 0.294. The molecule has 1 aliphatic carbocycles. The van der Waals surface area contributed by atoms with Gasteiger partial charge in [0, 0.05) is 44.2 Å². The van der Waals surface area contributed by atoms with Crippen LogP contribution < -0.4 is 10.1 Å². The van der Waals surface area contributed by atoms with Crippen LogP contribution in [-0.2, 0) is 27.3 Å².